The van der Waals surface area contributed by atoms with Crippen LogP contribution >= 0.6 is 0 Å². The average Bonchev–Trinajstić information content (AvgIpc) is 2.42. The van der Waals surface area contributed by atoms with Crippen molar-refractivity contribution in [2.24, 2.45) is 5.41 Å². The van der Waals surface area contributed by atoms with E-state index in [0.717, 1.165) is 0 Å². The molecule has 0 aliphatic rings. The molecule has 1 aromatic rings. The van der Waals surface area contributed by atoms with E-state index in [1.54, 1.807) is 18.2 Å². The third-order valence-corrected chi connectivity index (χ3v) is 5.28. The van der Waals surface area contributed by atoms with Crippen LogP contribution in [0, 0.1) is 16.7 Å². The van der Waals surface area contributed by atoms with Gasteiger partial charge in [-0.25, -0.2) is 8.42 Å². The standard InChI is InChI=1S/C15H23N3O2S/c1-4-18(12-15(2,3)9-6-10-16)21(19,20)14-8-5-7-13(17)11-14/h5,7-8,11H,4,6,9,12,17H2,1-3H3. The predicted octanol–water partition coefficient (Wildman–Crippen LogP) is 2.61. The first-order valence-corrected chi connectivity index (χ1v) is 8.39. The third kappa shape index (κ3) is 4.73. The molecular formula is C15H23N3O2S. The maximum atomic E-state index is 12.7. The van der Waals surface area contributed by atoms with Crippen molar-refractivity contribution in [3.8, 4) is 6.07 Å². The number of hydrogen-bond donors (Lipinski definition) is 1. The fraction of sp³-hybridized carbons (Fsp3) is 0.533. The molecule has 0 spiro atoms. The van der Waals surface area contributed by atoms with Crippen molar-refractivity contribution >= 4 is 15.7 Å². The number of anilines is 1. The Kier molecular flexibility index (Phi) is 5.76. The number of sulfonamides is 1. The molecule has 0 radical (unpaired) electrons. The summed E-state index contributed by atoms with van der Waals surface area (Å²) >= 11 is 0. The van der Waals surface area contributed by atoms with Gasteiger partial charge in [-0.1, -0.05) is 26.8 Å². The van der Waals surface area contributed by atoms with Crippen LogP contribution in [0.1, 0.15) is 33.6 Å². The molecule has 5 nitrogen and oxygen atoms in total. The van der Waals surface area contributed by atoms with E-state index in [-0.39, 0.29) is 10.3 Å². The highest BCUT2D eigenvalue weighted by atomic mass is 32.2. The summed E-state index contributed by atoms with van der Waals surface area (Å²) in [5, 5.41) is 8.69. The fourth-order valence-corrected chi connectivity index (χ4v) is 3.83. The lowest BCUT2D eigenvalue weighted by atomic mass is 9.88. The number of nitriles is 1. The van der Waals surface area contributed by atoms with Crippen LogP contribution in [-0.4, -0.2) is 25.8 Å². The fourth-order valence-electron chi connectivity index (χ4n) is 2.14. The molecule has 0 aliphatic heterocycles. The molecule has 0 atom stereocenters. The van der Waals surface area contributed by atoms with E-state index >= 15 is 0 Å². The van der Waals surface area contributed by atoms with Gasteiger partial charge < -0.3 is 5.73 Å². The highest BCUT2D eigenvalue weighted by Gasteiger charge is 2.29. The molecule has 0 fully saturated rings. The zero-order valence-electron chi connectivity index (χ0n) is 12.8. The van der Waals surface area contributed by atoms with Crippen LogP contribution in [0.25, 0.3) is 0 Å². The zero-order chi connectivity index (χ0) is 16.1. The monoisotopic (exact) mass is 309 g/mol. The Morgan fingerprint density at radius 2 is 2.05 bits per heavy atom. The van der Waals surface area contributed by atoms with Gasteiger partial charge in [0, 0.05) is 25.2 Å². The minimum atomic E-state index is -3.56. The van der Waals surface area contributed by atoms with Crippen LogP contribution < -0.4 is 5.73 Å². The summed E-state index contributed by atoms with van der Waals surface area (Å²) in [4.78, 5) is 0.209. The predicted molar refractivity (Wildman–Crippen MR) is 83.9 cm³/mol. The maximum Gasteiger partial charge on any atom is 0.243 e. The summed E-state index contributed by atoms with van der Waals surface area (Å²) in [7, 11) is -3.56. The lowest BCUT2D eigenvalue weighted by Gasteiger charge is -2.31. The quantitative estimate of drug-likeness (QED) is 0.784. The Morgan fingerprint density at radius 1 is 1.38 bits per heavy atom. The summed E-state index contributed by atoms with van der Waals surface area (Å²) in [5.41, 5.74) is 5.85. The van der Waals surface area contributed by atoms with Crippen molar-refractivity contribution in [2.75, 3.05) is 18.8 Å². The lowest BCUT2D eigenvalue weighted by molar-refractivity contribution is 0.250. The second kappa shape index (κ2) is 6.92. The first-order valence-electron chi connectivity index (χ1n) is 6.95. The average molecular weight is 309 g/mol. The molecular weight excluding hydrogens is 286 g/mol. The van der Waals surface area contributed by atoms with Gasteiger partial charge in [0.15, 0.2) is 0 Å². The van der Waals surface area contributed by atoms with Gasteiger partial charge in [0.2, 0.25) is 10.0 Å². The van der Waals surface area contributed by atoms with Crippen molar-refractivity contribution < 1.29 is 8.42 Å². The first kappa shape index (κ1) is 17.5. The molecule has 6 heteroatoms. The normalized spacial score (nSPS) is 12.3. The molecule has 116 valence electrons. The van der Waals surface area contributed by atoms with E-state index in [2.05, 4.69) is 6.07 Å². The third-order valence-electron chi connectivity index (χ3n) is 3.37. The number of nitrogens with two attached hydrogens (primary N) is 1. The van der Waals surface area contributed by atoms with Gasteiger partial charge in [-0.3, -0.25) is 0 Å². The van der Waals surface area contributed by atoms with E-state index in [9.17, 15) is 8.42 Å². The Labute approximate surface area is 127 Å². The van der Waals surface area contributed by atoms with Crippen LogP contribution in [0.3, 0.4) is 0 Å². The zero-order valence-corrected chi connectivity index (χ0v) is 13.7. The van der Waals surface area contributed by atoms with E-state index in [1.165, 1.54) is 10.4 Å². The number of nitrogen functional groups attached to an aromatic ring is 1. The van der Waals surface area contributed by atoms with E-state index in [4.69, 9.17) is 11.0 Å². The van der Waals surface area contributed by atoms with Crippen molar-refractivity contribution in [1.29, 1.82) is 5.26 Å². The number of rotatable bonds is 7. The molecule has 2 N–H and O–H groups in total. The van der Waals surface area contributed by atoms with Crippen LogP contribution in [0.15, 0.2) is 29.2 Å². The summed E-state index contributed by atoms with van der Waals surface area (Å²) < 4.78 is 26.8. The maximum absolute atomic E-state index is 12.7. The second-order valence-electron chi connectivity index (χ2n) is 5.83. The van der Waals surface area contributed by atoms with Gasteiger partial charge in [-0.15, -0.1) is 0 Å². The Bertz CT molecular complexity index is 618. The summed E-state index contributed by atoms with van der Waals surface area (Å²) in [6, 6.07) is 8.43. The largest absolute Gasteiger partial charge is 0.399 e. The van der Waals surface area contributed by atoms with Gasteiger partial charge in [0.25, 0.3) is 0 Å². The number of benzene rings is 1. The van der Waals surface area contributed by atoms with Crippen LogP contribution in [0.5, 0.6) is 0 Å². The van der Waals surface area contributed by atoms with E-state index in [0.29, 0.717) is 31.6 Å². The Morgan fingerprint density at radius 3 is 2.57 bits per heavy atom. The number of hydrogen-bond acceptors (Lipinski definition) is 4. The summed E-state index contributed by atoms with van der Waals surface area (Å²) in [6.45, 7) is 6.52. The van der Waals surface area contributed by atoms with Crippen molar-refractivity contribution in [1.82, 2.24) is 4.31 Å². The van der Waals surface area contributed by atoms with Gasteiger partial charge in [0.1, 0.15) is 0 Å². The van der Waals surface area contributed by atoms with Crippen LogP contribution in [-0.2, 0) is 10.0 Å². The molecule has 0 bridgehead atoms. The van der Waals surface area contributed by atoms with Crippen molar-refractivity contribution in [3.63, 3.8) is 0 Å². The van der Waals surface area contributed by atoms with Gasteiger partial charge in [0.05, 0.1) is 11.0 Å². The summed E-state index contributed by atoms with van der Waals surface area (Å²) in [5.74, 6) is 0. The van der Waals surface area contributed by atoms with Gasteiger partial charge in [-0.2, -0.15) is 9.57 Å². The molecule has 21 heavy (non-hydrogen) atoms. The van der Waals surface area contributed by atoms with Crippen LogP contribution in [0.2, 0.25) is 0 Å². The Hall–Kier alpha value is -1.58. The second-order valence-corrected chi connectivity index (χ2v) is 7.76. The van der Waals surface area contributed by atoms with Crippen molar-refractivity contribution in [3.05, 3.63) is 24.3 Å². The molecule has 1 rings (SSSR count). The van der Waals surface area contributed by atoms with E-state index < -0.39 is 10.0 Å². The lowest BCUT2D eigenvalue weighted by Crippen LogP contribution is -2.38. The number of nitrogens with zero attached hydrogens (tertiary/aromatic N) is 2. The molecule has 1 aromatic carbocycles. The molecule has 0 heterocycles. The molecule has 0 saturated carbocycles. The highest BCUT2D eigenvalue weighted by molar-refractivity contribution is 7.89. The molecule has 0 amide bonds. The SMILES string of the molecule is CCN(CC(C)(C)CCC#N)S(=O)(=O)c1cccc(N)c1. The summed E-state index contributed by atoms with van der Waals surface area (Å²) in [6.07, 6.45) is 1.08. The minimum Gasteiger partial charge on any atom is -0.399 e. The van der Waals surface area contributed by atoms with Crippen LogP contribution in [0.4, 0.5) is 5.69 Å². The molecule has 0 saturated heterocycles. The van der Waals surface area contributed by atoms with Gasteiger partial charge in [-0.05, 0) is 30.0 Å². The smallest absolute Gasteiger partial charge is 0.243 e. The molecule has 0 aliphatic carbocycles. The minimum absolute atomic E-state index is 0.209. The Balaban J connectivity index is 3.01. The highest BCUT2D eigenvalue weighted by Crippen LogP contribution is 2.27. The first-order chi connectivity index (χ1) is 9.73. The topological polar surface area (TPSA) is 87.2 Å². The molecule has 0 aromatic heterocycles. The van der Waals surface area contributed by atoms with Crippen molar-refractivity contribution in [2.45, 2.75) is 38.5 Å². The molecule has 0 unspecified atom stereocenters. The van der Waals surface area contributed by atoms with Gasteiger partial charge >= 0.3 is 0 Å². The van der Waals surface area contributed by atoms with E-state index in [1.807, 2.05) is 20.8 Å².